The van der Waals surface area contributed by atoms with Crippen LogP contribution in [0.4, 0.5) is 5.82 Å². The number of nitrogens with zero attached hydrogens (tertiary/aromatic N) is 1. The lowest BCUT2D eigenvalue weighted by atomic mass is 10.1. The maximum Gasteiger partial charge on any atom is 0.252 e. The molecule has 3 N–H and O–H groups in total. The van der Waals surface area contributed by atoms with Crippen molar-refractivity contribution in [2.75, 3.05) is 18.5 Å². The summed E-state index contributed by atoms with van der Waals surface area (Å²) in [5, 5.41) is 11.7. The second kappa shape index (κ2) is 7.94. The van der Waals surface area contributed by atoms with Crippen LogP contribution in [-0.2, 0) is 14.3 Å². The summed E-state index contributed by atoms with van der Waals surface area (Å²) in [7, 11) is 0. The second-order valence-electron chi connectivity index (χ2n) is 4.51. The quantitative estimate of drug-likeness (QED) is 0.717. The van der Waals surface area contributed by atoms with Gasteiger partial charge < -0.3 is 15.4 Å². The van der Waals surface area contributed by atoms with Gasteiger partial charge in [-0.05, 0) is 12.5 Å². The van der Waals surface area contributed by atoms with Crippen molar-refractivity contribution in [1.82, 2.24) is 15.5 Å². The number of aromatic nitrogens is 2. The highest BCUT2D eigenvalue weighted by molar-refractivity contribution is 5.97. The molecule has 1 aromatic carbocycles. The van der Waals surface area contributed by atoms with E-state index in [1.54, 1.807) is 37.3 Å². The normalized spacial score (nSPS) is 11.7. The molecule has 7 heteroatoms. The molecule has 0 aliphatic carbocycles. The van der Waals surface area contributed by atoms with Gasteiger partial charge in [0.25, 0.3) is 5.91 Å². The summed E-state index contributed by atoms with van der Waals surface area (Å²) in [6, 6.07) is 9.83. The van der Waals surface area contributed by atoms with Gasteiger partial charge in [0, 0.05) is 12.7 Å². The van der Waals surface area contributed by atoms with E-state index in [0.29, 0.717) is 18.0 Å². The molecule has 0 bridgehead atoms. The van der Waals surface area contributed by atoms with Gasteiger partial charge in [0.2, 0.25) is 5.91 Å². The Morgan fingerprint density at radius 2 is 2.05 bits per heavy atom. The van der Waals surface area contributed by atoms with Crippen LogP contribution in [0.2, 0.25) is 0 Å². The Kier molecular flexibility index (Phi) is 5.67. The van der Waals surface area contributed by atoms with Crippen molar-refractivity contribution in [3.8, 4) is 0 Å². The average molecular weight is 302 g/mol. The van der Waals surface area contributed by atoms with Crippen LogP contribution in [0.3, 0.4) is 0 Å². The standard InChI is InChI=1S/C15H18N4O3/c1-2-22-10-13(20)18-14(11-6-4-3-5-7-11)15(21)17-12-8-9-16-19-12/h3-9,14H,2,10H2,1H3,(H,18,20)(H2,16,17,19,21)/t14-/m1/s1. The van der Waals surface area contributed by atoms with Gasteiger partial charge in [-0.3, -0.25) is 14.7 Å². The number of benzene rings is 1. The average Bonchev–Trinajstić information content (AvgIpc) is 3.04. The van der Waals surface area contributed by atoms with Crippen LogP contribution in [0.25, 0.3) is 0 Å². The van der Waals surface area contributed by atoms with E-state index in [4.69, 9.17) is 4.74 Å². The third-order valence-electron chi connectivity index (χ3n) is 2.90. The van der Waals surface area contributed by atoms with E-state index in [0.717, 1.165) is 0 Å². The number of H-pyrrole nitrogens is 1. The smallest absolute Gasteiger partial charge is 0.252 e. The van der Waals surface area contributed by atoms with Crippen molar-refractivity contribution in [2.24, 2.45) is 0 Å². The lowest BCUT2D eigenvalue weighted by Gasteiger charge is -2.18. The van der Waals surface area contributed by atoms with Crippen molar-refractivity contribution >= 4 is 17.6 Å². The number of anilines is 1. The van der Waals surface area contributed by atoms with E-state index in [1.165, 1.54) is 6.20 Å². The van der Waals surface area contributed by atoms with Crippen LogP contribution in [0, 0.1) is 0 Å². The largest absolute Gasteiger partial charge is 0.372 e. The number of ether oxygens (including phenoxy) is 1. The Bertz CT molecular complexity index is 599. The third-order valence-corrected chi connectivity index (χ3v) is 2.90. The molecular weight excluding hydrogens is 284 g/mol. The lowest BCUT2D eigenvalue weighted by Crippen LogP contribution is -2.38. The SMILES string of the molecule is CCOCC(=O)N[C@@H](C(=O)Nc1ccn[nH]1)c1ccccc1. The molecule has 0 unspecified atom stereocenters. The third kappa shape index (κ3) is 4.42. The first-order valence-corrected chi connectivity index (χ1v) is 6.93. The van der Waals surface area contributed by atoms with E-state index < -0.39 is 6.04 Å². The molecular formula is C15H18N4O3. The van der Waals surface area contributed by atoms with Gasteiger partial charge in [-0.1, -0.05) is 30.3 Å². The van der Waals surface area contributed by atoms with Gasteiger partial charge in [-0.2, -0.15) is 5.10 Å². The minimum Gasteiger partial charge on any atom is -0.372 e. The zero-order valence-corrected chi connectivity index (χ0v) is 12.2. The van der Waals surface area contributed by atoms with Crippen LogP contribution in [0.5, 0.6) is 0 Å². The summed E-state index contributed by atoms with van der Waals surface area (Å²) in [5.74, 6) is -0.249. The number of carbonyl (C=O) groups excluding carboxylic acids is 2. The zero-order chi connectivity index (χ0) is 15.8. The fourth-order valence-electron chi connectivity index (χ4n) is 1.87. The van der Waals surface area contributed by atoms with Crippen molar-refractivity contribution in [2.45, 2.75) is 13.0 Å². The Labute approximate surface area is 128 Å². The number of amides is 2. The fraction of sp³-hybridized carbons (Fsp3) is 0.267. The summed E-state index contributed by atoms with van der Waals surface area (Å²) < 4.78 is 5.06. The van der Waals surface area contributed by atoms with E-state index in [1.807, 2.05) is 6.07 Å². The molecule has 7 nitrogen and oxygen atoms in total. The first-order chi connectivity index (χ1) is 10.7. The summed E-state index contributed by atoms with van der Waals surface area (Å²) in [4.78, 5) is 24.3. The molecule has 116 valence electrons. The number of hydrogen-bond acceptors (Lipinski definition) is 4. The molecule has 0 radical (unpaired) electrons. The zero-order valence-electron chi connectivity index (χ0n) is 12.2. The first kappa shape index (κ1) is 15.7. The molecule has 1 heterocycles. The van der Waals surface area contributed by atoms with E-state index in [9.17, 15) is 9.59 Å². The van der Waals surface area contributed by atoms with Crippen molar-refractivity contribution in [1.29, 1.82) is 0 Å². The molecule has 0 spiro atoms. The van der Waals surface area contributed by atoms with Crippen LogP contribution in [0.1, 0.15) is 18.5 Å². The second-order valence-corrected chi connectivity index (χ2v) is 4.51. The Balaban J connectivity index is 2.10. The van der Waals surface area contributed by atoms with Gasteiger partial charge in [-0.15, -0.1) is 0 Å². The molecule has 0 saturated heterocycles. The number of rotatable bonds is 7. The predicted molar refractivity (Wildman–Crippen MR) is 81.0 cm³/mol. The van der Waals surface area contributed by atoms with Gasteiger partial charge in [0.1, 0.15) is 18.5 Å². The molecule has 0 aliphatic rings. The van der Waals surface area contributed by atoms with Crippen LogP contribution < -0.4 is 10.6 Å². The van der Waals surface area contributed by atoms with Gasteiger partial charge in [0.05, 0.1) is 6.20 Å². The summed E-state index contributed by atoms with van der Waals surface area (Å²) >= 11 is 0. The molecule has 0 saturated carbocycles. The molecule has 2 aromatic rings. The van der Waals surface area contributed by atoms with Crippen molar-refractivity contribution in [3.63, 3.8) is 0 Å². The summed E-state index contributed by atoms with van der Waals surface area (Å²) in [6.07, 6.45) is 1.53. The van der Waals surface area contributed by atoms with Crippen LogP contribution in [0.15, 0.2) is 42.6 Å². The molecule has 0 fully saturated rings. The minimum atomic E-state index is -0.808. The summed E-state index contributed by atoms with van der Waals surface area (Å²) in [6.45, 7) is 2.15. The predicted octanol–water partition coefficient (Wildman–Crippen LogP) is 1.24. The molecule has 22 heavy (non-hydrogen) atoms. The number of carbonyl (C=O) groups is 2. The van der Waals surface area contributed by atoms with E-state index in [-0.39, 0.29) is 18.4 Å². The van der Waals surface area contributed by atoms with Gasteiger partial charge in [-0.25, -0.2) is 0 Å². The Hall–Kier alpha value is -2.67. The van der Waals surface area contributed by atoms with Crippen LogP contribution in [-0.4, -0.2) is 35.2 Å². The van der Waals surface area contributed by atoms with Gasteiger partial charge in [0.15, 0.2) is 0 Å². The highest BCUT2D eigenvalue weighted by Crippen LogP contribution is 2.15. The van der Waals surface area contributed by atoms with E-state index in [2.05, 4.69) is 20.8 Å². The molecule has 0 aliphatic heterocycles. The fourth-order valence-corrected chi connectivity index (χ4v) is 1.87. The Morgan fingerprint density at radius 1 is 1.27 bits per heavy atom. The Morgan fingerprint density at radius 3 is 2.68 bits per heavy atom. The monoisotopic (exact) mass is 302 g/mol. The van der Waals surface area contributed by atoms with Crippen molar-refractivity contribution < 1.29 is 14.3 Å². The number of nitrogens with one attached hydrogen (secondary N) is 3. The van der Waals surface area contributed by atoms with Gasteiger partial charge >= 0.3 is 0 Å². The molecule has 1 atom stereocenters. The minimum absolute atomic E-state index is 0.0861. The molecule has 2 amide bonds. The highest BCUT2D eigenvalue weighted by atomic mass is 16.5. The maximum atomic E-state index is 12.4. The maximum absolute atomic E-state index is 12.4. The topological polar surface area (TPSA) is 96.1 Å². The highest BCUT2D eigenvalue weighted by Gasteiger charge is 2.23. The van der Waals surface area contributed by atoms with E-state index >= 15 is 0 Å². The molecule has 2 rings (SSSR count). The lowest BCUT2D eigenvalue weighted by molar-refractivity contribution is -0.129. The summed E-state index contributed by atoms with van der Waals surface area (Å²) in [5.41, 5.74) is 0.685. The van der Waals surface area contributed by atoms with Crippen LogP contribution >= 0.6 is 0 Å². The number of hydrogen-bond donors (Lipinski definition) is 3. The molecule has 1 aromatic heterocycles. The first-order valence-electron chi connectivity index (χ1n) is 6.93. The number of aromatic amines is 1. The van der Waals surface area contributed by atoms with Crippen molar-refractivity contribution in [3.05, 3.63) is 48.2 Å².